The zero-order valence-electron chi connectivity index (χ0n) is 9.51. The third-order valence-corrected chi connectivity index (χ3v) is 2.55. The fraction of sp³-hybridized carbons (Fsp3) is 0.0833. The van der Waals surface area contributed by atoms with Gasteiger partial charge in [-0.2, -0.15) is 0 Å². The maximum absolute atomic E-state index is 10.8. The van der Waals surface area contributed by atoms with Gasteiger partial charge in [-0.25, -0.2) is 14.8 Å². The van der Waals surface area contributed by atoms with Gasteiger partial charge in [-0.15, -0.1) is 0 Å². The van der Waals surface area contributed by atoms with Crippen LogP contribution in [0.4, 0.5) is 11.6 Å². The number of rotatable bonds is 3. The van der Waals surface area contributed by atoms with Crippen molar-refractivity contribution >= 4 is 29.2 Å². The Morgan fingerprint density at radius 2 is 2.00 bits per heavy atom. The Kier molecular flexibility index (Phi) is 3.43. The molecule has 1 aromatic carbocycles. The molecule has 0 aliphatic heterocycles. The topological polar surface area (TPSA) is 75.1 Å². The number of hydrogen-bond donors (Lipinski definition) is 2. The standard InChI is InChI=1S/C12H10ClN3O2/c1-7-5-14-12(15-6-7)16-8-2-3-9(11(17)18)10(13)4-8/h2-6H,1H3,(H,17,18)(H,14,15,16). The van der Waals surface area contributed by atoms with E-state index in [-0.39, 0.29) is 10.6 Å². The fourth-order valence-electron chi connectivity index (χ4n) is 1.35. The highest BCUT2D eigenvalue weighted by atomic mass is 35.5. The first-order chi connectivity index (χ1) is 8.56. The zero-order valence-corrected chi connectivity index (χ0v) is 10.3. The van der Waals surface area contributed by atoms with Gasteiger partial charge in [-0.3, -0.25) is 0 Å². The lowest BCUT2D eigenvalue weighted by Gasteiger charge is -2.06. The van der Waals surface area contributed by atoms with E-state index in [2.05, 4.69) is 15.3 Å². The van der Waals surface area contributed by atoms with Gasteiger partial charge in [0.2, 0.25) is 5.95 Å². The molecular weight excluding hydrogens is 254 g/mol. The SMILES string of the molecule is Cc1cnc(Nc2ccc(C(=O)O)c(Cl)c2)nc1. The van der Waals surface area contributed by atoms with Crippen LogP contribution in [0.3, 0.4) is 0 Å². The van der Waals surface area contributed by atoms with E-state index >= 15 is 0 Å². The van der Waals surface area contributed by atoms with Crippen molar-refractivity contribution in [3.63, 3.8) is 0 Å². The summed E-state index contributed by atoms with van der Waals surface area (Å²) < 4.78 is 0. The number of benzene rings is 1. The molecule has 0 aliphatic carbocycles. The molecule has 5 nitrogen and oxygen atoms in total. The van der Waals surface area contributed by atoms with Gasteiger partial charge >= 0.3 is 5.97 Å². The molecule has 0 spiro atoms. The first-order valence-corrected chi connectivity index (χ1v) is 5.52. The minimum atomic E-state index is -1.06. The van der Waals surface area contributed by atoms with Gasteiger partial charge in [-0.05, 0) is 30.7 Å². The Morgan fingerprint density at radius 1 is 1.33 bits per heavy atom. The van der Waals surface area contributed by atoms with E-state index in [1.807, 2.05) is 6.92 Å². The number of aromatic carboxylic acids is 1. The lowest BCUT2D eigenvalue weighted by molar-refractivity contribution is 0.0697. The van der Waals surface area contributed by atoms with Gasteiger partial charge in [0.1, 0.15) is 0 Å². The van der Waals surface area contributed by atoms with Crippen molar-refractivity contribution in [2.75, 3.05) is 5.32 Å². The second kappa shape index (κ2) is 5.01. The molecule has 0 bridgehead atoms. The number of nitrogens with one attached hydrogen (secondary N) is 1. The summed E-state index contributed by atoms with van der Waals surface area (Å²) in [6.45, 7) is 1.89. The van der Waals surface area contributed by atoms with Gasteiger partial charge in [-0.1, -0.05) is 11.6 Å². The summed E-state index contributed by atoms with van der Waals surface area (Å²) >= 11 is 5.85. The molecule has 2 rings (SSSR count). The fourth-order valence-corrected chi connectivity index (χ4v) is 1.61. The van der Waals surface area contributed by atoms with Crippen LogP contribution < -0.4 is 5.32 Å². The number of halogens is 1. The summed E-state index contributed by atoms with van der Waals surface area (Å²) in [5.74, 6) is -0.627. The van der Waals surface area contributed by atoms with Crippen LogP contribution in [-0.4, -0.2) is 21.0 Å². The largest absolute Gasteiger partial charge is 0.478 e. The summed E-state index contributed by atoms with van der Waals surface area (Å²) in [6.07, 6.45) is 3.37. The lowest BCUT2D eigenvalue weighted by Crippen LogP contribution is -2.00. The molecule has 6 heteroatoms. The van der Waals surface area contributed by atoms with Crippen molar-refractivity contribution in [2.24, 2.45) is 0 Å². The highest BCUT2D eigenvalue weighted by Crippen LogP contribution is 2.22. The third kappa shape index (κ3) is 2.75. The molecule has 0 amide bonds. The van der Waals surface area contributed by atoms with Gasteiger partial charge in [0, 0.05) is 18.1 Å². The minimum absolute atomic E-state index is 0.0621. The van der Waals surface area contributed by atoms with E-state index in [4.69, 9.17) is 16.7 Å². The van der Waals surface area contributed by atoms with Gasteiger partial charge in [0.25, 0.3) is 0 Å². The number of aromatic nitrogens is 2. The van der Waals surface area contributed by atoms with E-state index in [1.54, 1.807) is 18.5 Å². The quantitative estimate of drug-likeness (QED) is 0.891. The Labute approximate surface area is 108 Å². The van der Waals surface area contributed by atoms with E-state index in [1.165, 1.54) is 12.1 Å². The van der Waals surface area contributed by atoms with Crippen LogP contribution in [0.5, 0.6) is 0 Å². The van der Waals surface area contributed by atoms with Crippen LogP contribution in [0.2, 0.25) is 5.02 Å². The van der Waals surface area contributed by atoms with Crippen molar-refractivity contribution in [3.8, 4) is 0 Å². The molecular formula is C12H10ClN3O2. The molecule has 18 heavy (non-hydrogen) atoms. The molecule has 1 heterocycles. The van der Waals surface area contributed by atoms with Crippen molar-refractivity contribution in [1.29, 1.82) is 0 Å². The molecule has 2 aromatic rings. The minimum Gasteiger partial charge on any atom is -0.478 e. The zero-order chi connectivity index (χ0) is 13.1. The average Bonchev–Trinajstić information content (AvgIpc) is 2.32. The number of carboxylic acids is 1. The molecule has 0 fully saturated rings. The molecule has 0 atom stereocenters. The Balaban J connectivity index is 2.22. The maximum Gasteiger partial charge on any atom is 0.337 e. The predicted octanol–water partition coefficient (Wildman–Crippen LogP) is 2.88. The predicted molar refractivity (Wildman–Crippen MR) is 68.5 cm³/mol. The maximum atomic E-state index is 10.8. The molecule has 0 aliphatic rings. The molecule has 92 valence electrons. The van der Waals surface area contributed by atoms with Crippen LogP contribution in [-0.2, 0) is 0 Å². The van der Waals surface area contributed by atoms with Crippen molar-refractivity contribution in [1.82, 2.24) is 9.97 Å². The molecule has 2 N–H and O–H groups in total. The van der Waals surface area contributed by atoms with Crippen molar-refractivity contribution < 1.29 is 9.90 Å². The highest BCUT2D eigenvalue weighted by Gasteiger charge is 2.09. The van der Waals surface area contributed by atoms with Crippen LogP contribution in [0, 0.1) is 6.92 Å². The molecule has 0 radical (unpaired) electrons. The number of nitrogens with zero attached hydrogens (tertiary/aromatic N) is 2. The van der Waals surface area contributed by atoms with Crippen molar-refractivity contribution in [3.05, 3.63) is 46.7 Å². The monoisotopic (exact) mass is 263 g/mol. The summed E-state index contributed by atoms with van der Waals surface area (Å²) in [4.78, 5) is 19.0. The number of carbonyl (C=O) groups is 1. The van der Waals surface area contributed by atoms with Crippen molar-refractivity contribution in [2.45, 2.75) is 6.92 Å². The number of aryl methyl sites for hydroxylation is 1. The molecule has 0 saturated carbocycles. The number of anilines is 2. The van der Waals surface area contributed by atoms with E-state index in [0.717, 1.165) is 5.56 Å². The van der Waals surface area contributed by atoms with Crippen LogP contribution in [0.1, 0.15) is 15.9 Å². The average molecular weight is 264 g/mol. The Bertz CT molecular complexity index is 584. The Hall–Kier alpha value is -2.14. The summed E-state index contributed by atoms with van der Waals surface area (Å²) in [7, 11) is 0. The van der Waals surface area contributed by atoms with E-state index in [9.17, 15) is 4.79 Å². The van der Waals surface area contributed by atoms with Crippen LogP contribution in [0.25, 0.3) is 0 Å². The normalized spacial score (nSPS) is 10.1. The van der Waals surface area contributed by atoms with Gasteiger partial charge in [0.05, 0.1) is 10.6 Å². The third-order valence-electron chi connectivity index (χ3n) is 2.24. The first kappa shape index (κ1) is 12.3. The summed E-state index contributed by atoms with van der Waals surface area (Å²) in [6, 6.07) is 4.56. The highest BCUT2D eigenvalue weighted by molar-refractivity contribution is 6.33. The Morgan fingerprint density at radius 3 is 2.56 bits per heavy atom. The number of hydrogen-bond acceptors (Lipinski definition) is 4. The van der Waals surface area contributed by atoms with E-state index in [0.29, 0.717) is 11.6 Å². The molecule has 0 unspecified atom stereocenters. The summed E-state index contributed by atoms with van der Waals surface area (Å²) in [5, 5.41) is 12.0. The molecule has 0 saturated heterocycles. The number of carboxylic acid groups (broad SMARTS) is 1. The summed E-state index contributed by atoms with van der Waals surface area (Å²) in [5.41, 5.74) is 1.65. The van der Waals surface area contributed by atoms with Gasteiger partial charge < -0.3 is 10.4 Å². The van der Waals surface area contributed by atoms with E-state index < -0.39 is 5.97 Å². The molecule has 1 aromatic heterocycles. The van der Waals surface area contributed by atoms with Crippen LogP contribution >= 0.6 is 11.6 Å². The smallest absolute Gasteiger partial charge is 0.337 e. The van der Waals surface area contributed by atoms with Gasteiger partial charge in [0.15, 0.2) is 0 Å². The lowest BCUT2D eigenvalue weighted by atomic mass is 10.2. The second-order valence-corrected chi connectivity index (χ2v) is 4.12. The first-order valence-electron chi connectivity index (χ1n) is 5.15. The second-order valence-electron chi connectivity index (χ2n) is 3.71. The van der Waals surface area contributed by atoms with Crippen LogP contribution in [0.15, 0.2) is 30.6 Å².